The maximum Gasteiger partial charge on any atom is 0.242 e. The molecule has 1 aliphatic heterocycles. The van der Waals surface area contributed by atoms with Crippen molar-refractivity contribution in [3.8, 4) is 5.75 Å². The van der Waals surface area contributed by atoms with Gasteiger partial charge < -0.3 is 20.6 Å². The number of benzene rings is 1. The van der Waals surface area contributed by atoms with Gasteiger partial charge in [0.15, 0.2) is 0 Å². The second-order valence-corrected chi connectivity index (χ2v) is 7.04. The van der Waals surface area contributed by atoms with Gasteiger partial charge in [-0.05, 0) is 17.7 Å². The molecule has 1 heterocycles. The number of halogens is 1. The minimum Gasteiger partial charge on any atom is -0.508 e. The topological polar surface area (TPSA) is 102 Å². The van der Waals surface area contributed by atoms with E-state index in [2.05, 4.69) is 15.5 Å². The Bertz CT molecular complexity index is 675. The van der Waals surface area contributed by atoms with Crippen LogP contribution in [0.15, 0.2) is 24.3 Å². The highest BCUT2D eigenvalue weighted by molar-refractivity contribution is 6.27. The summed E-state index contributed by atoms with van der Waals surface area (Å²) in [5.74, 6) is -0.431. The van der Waals surface area contributed by atoms with Crippen molar-refractivity contribution in [2.45, 2.75) is 19.4 Å². The molecular formula is C19H27ClN4O4. The van der Waals surface area contributed by atoms with Crippen molar-refractivity contribution < 1.29 is 19.5 Å². The first-order valence-corrected chi connectivity index (χ1v) is 9.81. The molecule has 1 saturated heterocycles. The van der Waals surface area contributed by atoms with Crippen LogP contribution < -0.4 is 10.6 Å². The number of hydrogen-bond donors (Lipinski definition) is 3. The Morgan fingerprint density at radius 3 is 2.36 bits per heavy atom. The summed E-state index contributed by atoms with van der Waals surface area (Å²) in [6, 6.07) is 5.86. The second kappa shape index (κ2) is 10.9. The van der Waals surface area contributed by atoms with E-state index in [0.717, 1.165) is 18.7 Å². The number of aromatic hydroxyl groups is 1. The van der Waals surface area contributed by atoms with E-state index in [1.165, 1.54) is 6.92 Å². The van der Waals surface area contributed by atoms with Crippen molar-refractivity contribution in [3.63, 3.8) is 0 Å². The summed E-state index contributed by atoms with van der Waals surface area (Å²) < 4.78 is 0. The van der Waals surface area contributed by atoms with E-state index in [9.17, 15) is 19.5 Å². The molecule has 1 aromatic rings. The minimum absolute atomic E-state index is 0.00161. The van der Waals surface area contributed by atoms with E-state index in [4.69, 9.17) is 11.6 Å². The Kier molecular flexibility index (Phi) is 8.53. The number of hydrogen-bond acceptors (Lipinski definition) is 5. The molecule has 0 unspecified atom stereocenters. The van der Waals surface area contributed by atoms with Crippen LogP contribution in [0.2, 0.25) is 0 Å². The van der Waals surface area contributed by atoms with Crippen molar-refractivity contribution >= 4 is 29.3 Å². The molecule has 154 valence electrons. The molecule has 9 heteroatoms. The number of carbonyl (C=O) groups excluding carboxylic acids is 3. The maximum absolute atomic E-state index is 12.5. The van der Waals surface area contributed by atoms with Crippen molar-refractivity contribution in [1.82, 2.24) is 20.4 Å². The average molecular weight is 411 g/mol. The molecule has 28 heavy (non-hydrogen) atoms. The van der Waals surface area contributed by atoms with Crippen LogP contribution in [0.5, 0.6) is 5.75 Å². The van der Waals surface area contributed by atoms with Crippen LogP contribution in [0.4, 0.5) is 0 Å². The fourth-order valence-corrected chi connectivity index (χ4v) is 3.26. The highest BCUT2D eigenvalue weighted by Crippen LogP contribution is 2.11. The van der Waals surface area contributed by atoms with E-state index < -0.39 is 6.04 Å². The molecule has 0 spiro atoms. The van der Waals surface area contributed by atoms with Crippen LogP contribution in [-0.4, -0.2) is 83.8 Å². The first-order valence-electron chi connectivity index (χ1n) is 9.28. The Morgan fingerprint density at radius 1 is 1.14 bits per heavy atom. The summed E-state index contributed by atoms with van der Waals surface area (Å²) in [6.07, 6.45) is 0.338. The van der Waals surface area contributed by atoms with Crippen LogP contribution in [0.25, 0.3) is 0 Å². The van der Waals surface area contributed by atoms with Crippen LogP contribution in [0.3, 0.4) is 0 Å². The smallest absolute Gasteiger partial charge is 0.242 e. The predicted octanol–water partition coefficient (Wildman–Crippen LogP) is -0.0614. The number of alkyl halides is 1. The fraction of sp³-hybridized carbons (Fsp3) is 0.526. The molecule has 0 aromatic heterocycles. The van der Waals surface area contributed by atoms with Crippen molar-refractivity contribution in [3.05, 3.63) is 29.8 Å². The first kappa shape index (κ1) is 22.0. The molecule has 0 bridgehead atoms. The standard InChI is InChI=1S/C19H27ClN4O4/c1-14(25)22-17(12-15-2-4-16(26)5-3-15)19(28)21-6-7-23-8-10-24(11-9-23)18(27)13-20/h2-5,17,26H,6-13H2,1H3,(H,21,28)(H,22,25)/t17-/m0/s1. The molecule has 2 rings (SSSR count). The lowest BCUT2D eigenvalue weighted by Crippen LogP contribution is -2.52. The van der Waals surface area contributed by atoms with Gasteiger partial charge in [-0.1, -0.05) is 12.1 Å². The first-order chi connectivity index (χ1) is 13.4. The van der Waals surface area contributed by atoms with Crippen LogP contribution in [0, 0.1) is 0 Å². The number of nitrogens with one attached hydrogen (secondary N) is 2. The number of rotatable bonds is 8. The van der Waals surface area contributed by atoms with E-state index in [1.54, 1.807) is 29.2 Å². The monoisotopic (exact) mass is 410 g/mol. The van der Waals surface area contributed by atoms with Gasteiger partial charge in [0.2, 0.25) is 17.7 Å². The molecule has 0 saturated carbocycles. The normalized spacial score (nSPS) is 15.7. The highest BCUT2D eigenvalue weighted by Gasteiger charge is 2.22. The number of carbonyl (C=O) groups is 3. The lowest BCUT2D eigenvalue weighted by molar-refractivity contribution is -0.130. The molecule has 3 amide bonds. The molecule has 1 atom stereocenters. The van der Waals surface area contributed by atoms with Crippen LogP contribution in [-0.2, 0) is 20.8 Å². The fourth-order valence-electron chi connectivity index (χ4n) is 3.09. The zero-order valence-electron chi connectivity index (χ0n) is 16.0. The van der Waals surface area contributed by atoms with Gasteiger partial charge in [-0.15, -0.1) is 11.6 Å². The summed E-state index contributed by atoms with van der Waals surface area (Å²) in [7, 11) is 0. The van der Waals surface area contributed by atoms with Gasteiger partial charge in [0.25, 0.3) is 0 Å². The van der Waals surface area contributed by atoms with Crippen LogP contribution >= 0.6 is 11.6 Å². The van der Waals surface area contributed by atoms with Crippen LogP contribution in [0.1, 0.15) is 12.5 Å². The molecule has 8 nitrogen and oxygen atoms in total. The lowest BCUT2D eigenvalue weighted by Gasteiger charge is -2.34. The van der Waals surface area contributed by atoms with Gasteiger partial charge in [-0.25, -0.2) is 0 Å². The van der Waals surface area contributed by atoms with Gasteiger partial charge in [0.05, 0.1) is 0 Å². The third kappa shape index (κ3) is 7.01. The summed E-state index contributed by atoms with van der Waals surface area (Å²) in [6.45, 7) is 5.24. The molecular weight excluding hydrogens is 384 g/mol. The molecule has 3 N–H and O–H groups in total. The Morgan fingerprint density at radius 2 is 1.79 bits per heavy atom. The Balaban J connectivity index is 1.79. The number of amides is 3. The summed E-state index contributed by atoms with van der Waals surface area (Å²) >= 11 is 5.58. The molecule has 0 aliphatic carbocycles. The molecule has 1 aromatic carbocycles. The van der Waals surface area contributed by atoms with Gasteiger partial charge in [-0.2, -0.15) is 0 Å². The third-order valence-electron chi connectivity index (χ3n) is 4.64. The average Bonchev–Trinajstić information content (AvgIpc) is 2.68. The second-order valence-electron chi connectivity index (χ2n) is 6.77. The Labute approximate surface area is 169 Å². The van der Waals surface area contributed by atoms with Gasteiger partial charge in [0.1, 0.15) is 17.7 Å². The number of nitrogens with zero attached hydrogens (tertiary/aromatic N) is 2. The van der Waals surface area contributed by atoms with Crippen molar-refractivity contribution in [1.29, 1.82) is 0 Å². The molecule has 1 aliphatic rings. The van der Waals surface area contributed by atoms with Crippen molar-refractivity contribution in [2.75, 3.05) is 45.1 Å². The predicted molar refractivity (Wildman–Crippen MR) is 106 cm³/mol. The zero-order valence-corrected chi connectivity index (χ0v) is 16.7. The highest BCUT2D eigenvalue weighted by atomic mass is 35.5. The quantitative estimate of drug-likeness (QED) is 0.521. The third-order valence-corrected chi connectivity index (χ3v) is 4.87. The maximum atomic E-state index is 12.5. The summed E-state index contributed by atoms with van der Waals surface area (Å²) in [5.41, 5.74) is 0.840. The largest absolute Gasteiger partial charge is 0.508 e. The van der Waals surface area contributed by atoms with E-state index in [0.29, 0.717) is 32.6 Å². The number of piperazine rings is 1. The molecule has 1 fully saturated rings. The molecule has 0 radical (unpaired) electrons. The van der Waals surface area contributed by atoms with Gasteiger partial charge in [-0.3, -0.25) is 19.3 Å². The van der Waals surface area contributed by atoms with E-state index >= 15 is 0 Å². The Hall–Kier alpha value is -2.32. The van der Waals surface area contributed by atoms with E-state index in [1.807, 2.05) is 0 Å². The zero-order chi connectivity index (χ0) is 20.5. The van der Waals surface area contributed by atoms with Gasteiger partial charge >= 0.3 is 0 Å². The van der Waals surface area contributed by atoms with Gasteiger partial charge in [0, 0.05) is 52.6 Å². The number of phenolic OH excluding ortho intramolecular Hbond substituents is 1. The summed E-state index contributed by atoms with van der Waals surface area (Å²) in [4.78, 5) is 39.5. The van der Waals surface area contributed by atoms with E-state index in [-0.39, 0.29) is 29.4 Å². The lowest BCUT2D eigenvalue weighted by atomic mass is 10.0. The minimum atomic E-state index is -0.680. The number of phenols is 1. The summed E-state index contributed by atoms with van der Waals surface area (Å²) in [5, 5.41) is 14.9. The van der Waals surface area contributed by atoms with Crippen molar-refractivity contribution in [2.24, 2.45) is 0 Å². The SMILES string of the molecule is CC(=O)N[C@@H](Cc1ccc(O)cc1)C(=O)NCCN1CCN(C(=O)CCl)CC1.